The first-order valence-electron chi connectivity index (χ1n) is 6.66. The van der Waals surface area contributed by atoms with E-state index in [2.05, 4.69) is 10.3 Å². The molecule has 0 bridgehead atoms. The van der Waals surface area contributed by atoms with Crippen molar-refractivity contribution >= 4 is 16.8 Å². The van der Waals surface area contributed by atoms with Crippen molar-refractivity contribution in [1.29, 1.82) is 0 Å². The number of fused-ring (bicyclic) bond motifs is 1. The number of aromatic amines is 1. The lowest BCUT2D eigenvalue weighted by molar-refractivity contribution is 0.0950. The van der Waals surface area contributed by atoms with Crippen molar-refractivity contribution < 1.29 is 9.53 Å². The molecule has 0 spiro atoms. The molecule has 0 fully saturated rings. The summed E-state index contributed by atoms with van der Waals surface area (Å²) in [5, 5.41) is 3.17. The highest BCUT2D eigenvalue weighted by molar-refractivity contribution is 5.97. The SMILES string of the molecule is COc1cccc2c(=O)c(C(=O)NCCN(C)C)c[nH]c12. The summed E-state index contributed by atoms with van der Waals surface area (Å²) in [4.78, 5) is 29.4. The van der Waals surface area contributed by atoms with E-state index >= 15 is 0 Å². The number of ether oxygens (including phenoxy) is 1. The van der Waals surface area contributed by atoms with Gasteiger partial charge in [0.05, 0.1) is 18.0 Å². The van der Waals surface area contributed by atoms with E-state index in [9.17, 15) is 9.59 Å². The summed E-state index contributed by atoms with van der Waals surface area (Å²) in [5.74, 6) is 0.201. The van der Waals surface area contributed by atoms with E-state index in [-0.39, 0.29) is 16.9 Å². The number of H-pyrrole nitrogens is 1. The van der Waals surface area contributed by atoms with E-state index in [0.717, 1.165) is 0 Å². The van der Waals surface area contributed by atoms with Crippen LogP contribution in [0.1, 0.15) is 10.4 Å². The van der Waals surface area contributed by atoms with Crippen LogP contribution in [-0.4, -0.2) is 50.1 Å². The van der Waals surface area contributed by atoms with E-state index in [1.807, 2.05) is 19.0 Å². The van der Waals surface area contributed by atoms with Crippen molar-refractivity contribution in [2.45, 2.75) is 0 Å². The van der Waals surface area contributed by atoms with Crippen molar-refractivity contribution in [2.24, 2.45) is 0 Å². The lowest BCUT2D eigenvalue weighted by atomic mass is 10.1. The predicted octanol–water partition coefficient (Wildman–Crippen LogP) is 0.828. The van der Waals surface area contributed by atoms with Crippen LogP contribution >= 0.6 is 0 Å². The van der Waals surface area contributed by atoms with Crippen LogP contribution in [0.3, 0.4) is 0 Å². The van der Waals surface area contributed by atoms with Crippen molar-refractivity contribution in [1.82, 2.24) is 15.2 Å². The normalized spacial score (nSPS) is 10.9. The zero-order valence-electron chi connectivity index (χ0n) is 12.4. The summed E-state index contributed by atoms with van der Waals surface area (Å²) >= 11 is 0. The minimum atomic E-state index is -0.372. The summed E-state index contributed by atoms with van der Waals surface area (Å²) in [6.45, 7) is 1.20. The second-order valence-corrected chi connectivity index (χ2v) is 4.97. The van der Waals surface area contributed by atoms with Crippen LogP contribution in [0, 0.1) is 0 Å². The van der Waals surface area contributed by atoms with Gasteiger partial charge in [0.25, 0.3) is 5.91 Å². The summed E-state index contributed by atoms with van der Waals surface area (Å²) in [5.41, 5.74) is 0.398. The smallest absolute Gasteiger partial charge is 0.256 e. The molecule has 0 saturated carbocycles. The Hall–Kier alpha value is -2.34. The number of methoxy groups -OCH3 is 1. The zero-order valence-corrected chi connectivity index (χ0v) is 12.4. The van der Waals surface area contributed by atoms with Gasteiger partial charge in [0, 0.05) is 19.3 Å². The summed E-state index contributed by atoms with van der Waals surface area (Å²) < 4.78 is 5.20. The maximum atomic E-state index is 12.4. The van der Waals surface area contributed by atoms with E-state index in [4.69, 9.17) is 4.74 Å². The number of benzene rings is 1. The number of carbonyl (C=O) groups is 1. The first-order valence-corrected chi connectivity index (χ1v) is 6.66. The number of likely N-dealkylation sites (N-methyl/N-ethyl adjacent to an activating group) is 1. The fourth-order valence-corrected chi connectivity index (χ4v) is 2.05. The van der Waals surface area contributed by atoms with Crippen LogP contribution in [0.4, 0.5) is 0 Å². The van der Waals surface area contributed by atoms with Gasteiger partial charge in [0.15, 0.2) is 0 Å². The minimum absolute atomic E-state index is 0.106. The molecular weight excluding hydrogens is 270 g/mol. The topological polar surface area (TPSA) is 74.4 Å². The van der Waals surface area contributed by atoms with E-state index in [0.29, 0.717) is 29.7 Å². The van der Waals surface area contributed by atoms with Gasteiger partial charge in [0.2, 0.25) is 5.43 Å². The molecule has 112 valence electrons. The third-order valence-corrected chi connectivity index (χ3v) is 3.19. The highest BCUT2D eigenvalue weighted by atomic mass is 16.5. The zero-order chi connectivity index (χ0) is 15.4. The number of para-hydroxylation sites is 1. The number of aromatic nitrogens is 1. The molecule has 0 unspecified atom stereocenters. The maximum Gasteiger partial charge on any atom is 0.256 e. The molecule has 1 aromatic carbocycles. The summed E-state index contributed by atoms with van der Waals surface area (Å²) in [7, 11) is 5.37. The first-order chi connectivity index (χ1) is 10.0. The standard InChI is InChI=1S/C15H19N3O3/c1-18(2)8-7-16-15(20)11-9-17-13-10(14(11)19)5-4-6-12(13)21-3/h4-6,9H,7-8H2,1-3H3,(H,16,20)(H,17,19). The Morgan fingerprint density at radius 1 is 1.38 bits per heavy atom. The molecule has 0 atom stereocenters. The van der Waals surface area contributed by atoms with Crippen LogP contribution in [0.5, 0.6) is 5.75 Å². The van der Waals surface area contributed by atoms with Gasteiger partial charge in [-0.15, -0.1) is 0 Å². The molecule has 0 aliphatic heterocycles. The molecule has 21 heavy (non-hydrogen) atoms. The largest absolute Gasteiger partial charge is 0.495 e. The summed E-state index contributed by atoms with van der Waals surface area (Å²) in [6.07, 6.45) is 1.43. The molecule has 2 rings (SSSR count). The lowest BCUT2D eigenvalue weighted by Gasteiger charge is -2.11. The highest BCUT2D eigenvalue weighted by Crippen LogP contribution is 2.20. The lowest BCUT2D eigenvalue weighted by Crippen LogP contribution is -2.34. The van der Waals surface area contributed by atoms with Crippen molar-refractivity contribution in [3.05, 3.63) is 40.2 Å². The minimum Gasteiger partial charge on any atom is -0.495 e. The molecular formula is C15H19N3O3. The molecule has 1 heterocycles. The quantitative estimate of drug-likeness (QED) is 0.855. The van der Waals surface area contributed by atoms with Gasteiger partial charge < -0.3 is 19.9 Å². The van der Waals surface area contributed by atoms with E-state index in [1.54, 1.807) is 18.2 Å². The first kappa shape index (κ1) is 15.1. The van der Waals surface area contributed by atoms with Crippen LogP contribution in [-0.2, 0) is 0 Å². The van der Waals surface area contributed by atoms with Crippen molar-refractivity contribution in [3.63, 3.8) is 0 Å². The third-order valence-electron chi connectivity index (χ3n) is 3.19. The predicted molar refractivity (Wildman–Crippen MR) is 82.0 cm³/mol. The molecule has 1 amide bonds. The number of nitrogens with zero attached hydrogens (tertiary/aromatic N) is 1. The molecule has 0 radical (unpaired) electrons. The van der Waals surface area contributed by atoms with Gasteiger partial charge in [0.1, 0.15) is 11.3 Å². The molecule has 6 heteroatoms. The van der Waals surface area contributed by atoms with Gasteiger partial charge in [-0.1, -0.05) is 6.07 Å². The van der Waals surface area contributed by atoms with Gasteiger partial charge in [-0.3, -0.25) is 9.59 Å². The van der Waals surface area contributed by atoms with E-state index in [1.165, 1.54) is 13.3 Å². The number of carbonyl (C=O) groups excluding carboxylic acids is 1. The Kier molecular flexibility index (Phi) is 4.59. The molecule has 0 aliphatic rings. The molecule has 0 aliphatic carbocycles. The monoisotopic (exact) mass is 289 g/mol. The number of rotatable bonds is 5. The second-order valence-electron chi connectivity index (χ2n) is 4.97. The molecule has 2 N–H and O–H groups in total. The number of nitrogens with one attached hydrogen (secondary N) is 2. The fourth-order valence-electron chi connectivity index (χ4n) is 2.05. The molecule has 0 saturated heterocycles. The van der Waals surface area contributed by atoms with E-state index < -0.39 is 0 Å². The number of hydrogen-bond acceptors (Lipinski definition) is 4. The summed E-state index contributed by atoms with van der Waals surface area (Å²) in [6, 6.07) is 5.16. The molecule has 1 aromatic heterocycles. The van der Waals surface area contributed by atoms with Crippen LogP contribution in [0.2, 0.25) is 0 Å². The van der Waals surface area contributed by atoms with Gasteiger partial charge in [-0.2, -0.15) is 0 Å². The van der Waals surface area contributed by atoms with Gasteiger partial charge in [-0.25, -0.2) is 0 Å². The Morgan fingerprint density at radius 3 is 2.81 bits per heavy atom. The highest BCUT2D eigenvalue weighted by Gasteiger charge is 2.14. The van der Waals surface area contributed by atoms with Gasteiger partial charge >= 0.3 is 0 Å². The van der Waals surface area contributed by atoms with Crippen LogP contribution in [0.15, 0.2) is 29.2 Å². The fraction of sp³-hybridized carbons (Fsp3) is 0.333. The Bertz CT molecular complexity index is 707. The van der Waals surface area contributed by atoms with Crippen molar-refractivity contribution in [2.75, 3.05) is 34.3 Å². The van der Waals surface area contributed by atoms with Gasteiger partial charge in [-0.05, 0) is 26.2 Å². The maximum absolute atomic E-state index is 12.4. The molecule has 2 aromatic rings. The number of hydrogen-bond donors (Lipinski definition) is 2. The Labute approximate surface area is 122 Å². The van der Waals surface area contributed by atoms with Crippen LogP contribution in [0.25, 0.3) is 10.9 Å². The van der Waals surface area contributed by atoms with Crippen LogP contribution < -0.4 is 15.5 Å². The Balaban J connectivity index is 2.32. The second kappa shape index (κ2) is 6.41. The molecule has 6 nitrogen and oxygen atoms in total. The number of amides is 1. The average Bonchev–Trinajstić information content (AvgIpc) is 2.46. The number of pyridine rings is 1. The Morgan fingerprint density at radius 2 is 2.14 bits per heavy atom. The average molecular weight is 289 g/mol. The third kappa shape index (κ3) is 3.22. The van der Waals surface area contributed by atoms with Crippen molar-refractivity contribution in [3.8, 4) is 5.75 Å².